The van der Waals surface area contributed by atoms with Crippen LogP contribution in [0.3, 0.4) is 0 Å². The normalized spacial score (nSPS) is 23.8. The second kappa shape index (κ2) is 6.02. The number of nitrogens with one attached hydrogen (secondary N) is 1. The second-order valence-corrected chi connectivity index (χ2v) is 6.00. The first-order valence-electron chi connectivity index (χ1n) is 6.86. The third-order valence-corrected chi connectivity index (χ3v) is 4.10. The van der Waals surface area contributed by atoms with E-state index in [0.717, 1.165) is 29.5 Å². The molecule has 2 rings (SSSR count). The maximum atomic E-state index is 6.39. The topological polar surface area (TPSA) is 24.5 Å². The summed E-state index contributed by atoms with van der Waals surface area (Å²) >= 11 is 6.39. The van der Waals surface area contributed by atoms with Gasteiger partial charge in [-0.25, -0.2) is 0 Å². The number of halogens is 1. The van der Waals surface area contributed by atoms with Gasteiger partial charge in [0.25, 0.3) is 0 Å². The van der Waals surface area contributed by atoms with Crippen LogP contribution in [0.5, 0.6) is 5.75 Å². The zero-order chi connectivity index (χ0) is 14.0. The summed E-state index contributed by atoms with van der Waals surface area (Å²) in [6.07, 6.45) is 0. The molecule has 1 aromatic rings. The molecule has 0 amide bonds. The summed E-state index contributed by atoms with van der Waals surface area (Å²) in [6.45, 7) is 8.67. The predicted octanol–water partition coefficient (Wildman–Crippen LogP) is 3.17. The van der Waals surface area contributed by atoms with Gasteiger partial charge in [0.05, 0.1) is 17.8 Å². The molecular weight excluding hydrogens is 260 g/mol. The monoisotopic (exact) mass is 282 g/mol. The van der Waals surface area contributed by atoms with E-state index in [1.165, 1.54) is 0 Å². The Kier molecular flexibility index (Phi) is 4.58. The van der Waals surface area contributed by atoms with Crippen LogP contribution in [0.15, 0.2) is 18.2 Å². The highest BCUT2D eigenvalue weighted by Crippen LogP contribution is 2.33. The lowest BCUT2D eigenvalue weighted by Crippen LogP contribution is -2.57. The molecule has 1 heterocycles. The highest BCUT2D eigenvalue weighted by molar-refractivity contribution is 6.33. The van der Waals surface area contributed by atoms with Crippen molar-refractivity contribution in [1.82, 2.24) is 5.32 Å². The van der Waals surface area contributed by atoms with Gasteiger partial charge in [-0.15, -0.1) is 0 Å². The molecule has 1 aromatic carbocycles. The summed E-state index contributed by atoms with van der Waals surface area (Å²) in [6, 6.07) is 6.79. The Morgan fingerprint density at radius 1 is 1.42 bits per heavy atom. The van der Waals surface area contributed by atoms with Crippen molar-refractivity contribution in [2.45, 2.75) is 32.9 Å². The number of anilines is 1. The van der Waals surface area contributed by atoms with Crippen LogP contribution in [-0.2, 0) is 0 Å². The molecule has 4 heteroatoms. The highest BCUT2D eigenvalue weighted by atomic mass is 35.5. The lowest BCUT2D eigenvalue weighted by molar-refractivity contribution is 0.348. The van der Waals surface area contributed by atoms with E-state index in [2.05, 4.69) is 31.0 Å². The molecule has 1 fully saturated rings. The zero-order valence-electron chi connectivity index (χ0n) is 12.1. The standard InChI is InChI=1S/C15H23ClN2O/c1-10(2)15-8-17-11(3)9-18(15)14-7-12(19-4)5-6-13(14)16/h5-7,10-11,15,17H,8-9H2,1-4H3. The number of methoxy groups -OCH3 is 1. The van der Waals surface area contributed by atoms with Crippen LogP contribution in [0.1, 0.15) is 20.8 Å². The van der Waals surface area contributed by atoms with Crippen LogP contribution in [0, 0.1) is 5.92 Å². The number of hydrogen-bond donors (Lipinski definition) is 1. The Balaban J connectivity index is 2.35. The van der Waals surface area contributed by atoms with E-state index in [1.54, 1.807) is 7.11 Å². The molecule has 2 unspecified atom stereocenters. The number of piperazine rings is 1. The van der Waals surface area contributed by atoms with E-state index in [-0.39, 0.29) is 0 Å². The molecule has 1 aliphatic heterocycles. The van der Waals surface area contributed by atoms with Gasteiger partial charge in [-0.1, -0.05) is 25.4 Å². The number of rotatable bonds is 3. The van der Waals surface area contributed by atoms with Crippen LogP contribution in [0.25, 0.3) is 0 Å². The van der Waals surface area contributed by atoms with Crippen molar-refractivity contribution in [2.24, 2.45) is 5.92 Å². The fraction of sp³-hybridized carbons (Fsp3) is 0.600. The van der Waals surface area contributed by atoms with E-state index in [4.69, 9.17) is 16.3 Å². The molecule has 3 nitrogen and oxygen atoms in total. The third kappa shape index (κ3) is 3.15. The third-order valence-electron chi connectivity index (χ3n) is 3.78. The molecule has 0 aromatic heterocycles. The van der Waals surface area contributed by atoms with E-state index < -0.39 is 0 Å². The summed E-state index contributed by atoms with van der Waals surface area (Å²) in [4.78, 5) is 2.41. The molecule has 0 bridgehead atoms. The maximum Gasteiger partial charge on any atom is 0.121 e. The lowest BCUT2D eigenvalue weighted by Gasteiger charge is -2.43. The summed E-state index contributed by atoms with van der Waals surface area (Å²) < 4.78 is 5.32. The predicted molar refractivity (Wildman–Crippen MR) is 81.4 cm³/mol. The van der Waals surface area contributed by atoms with Crippen molar-refractivity contribution in [2.75, 3.05) is 25.1 Å². The fourth-order valence-electron chi connectivity index (χ4n) is 2.64. The van der Waals surface area contributed by atoms with Gasteiger partial charge >= 0.3 is 0 Å². The van der Waals surface area contributed by atoms with E-state index in [9.17, 15) is 0 Å². The molecule has 0 spiro atoms. The van der Waals surface area contributed by atoms with Gasteiger partial charge in [-0.2, -0.15) is 0 Å². The Bertz CT molecular complexity index is 436. The van der Waals surface area contributed by atoms with Crippen molar-refractivity contribution in [3.8, 4) is 5.75 Å². The van der Waals surface area contributed by atoms with Crippen LogP contribution < -0.4 is 15.0 Å². The molecule has 19 heavy (non-hydrogen) atoms. The lowest BCUT2D eigenvalue weighted by atomic mass is 9.98. The fourth-order valence-corrected chi connectivity index (χ4v) is 2.87. The summed E-state index contributed by atoms with van der Waals surface area (Å²) in [5, 5.41) is 4.34. The van der Waals surface area contributed by atoms with Gasteiger partial charge in [-0.3, -0.25) is 0 Å². The minimum absolute atomic E-state index is 0.459. The first kappa shape index (κ1) is 14.5. The van der Waals surface area contributed by atoms with Gasteiger partial charge in [0.1, 0.15) is 5.75 Å². The Morgan fingerprint density at radius 3 is 2.79 bits per heavy atom. The Labute approximate surface area is 120 Å². The number of hydrogen-bond acceptors (Lipinski definition) is 3. The van der Waals surface area contributed by atoms with Gasteiger partial charge in [0.15, 0.2) is 0 Å². The van der Waals surface area contributed by atoms with Gasteiger partial charge < -0.3 is 15.0 Å². The van der Waals surface area contributed by atoms with Crippen LogP contribution in [0.2, 0.25) is 5.02 Å². The van der Waals surface area contributed by atoms with Crippen molar-refractivity contribution in [1.29, 1.82) is 0 Å². The summed E-state index contributed by atoms with van der Waals surface area (Å²) in [7, 11) is 1.69. The second-order valence-electron chi connectivity index (χ2n) is 5.59. The molecule has 0 aliphatic carbocycles. The van der Waals surface area contributed by atoms with Crippen LogP contribution in [0.4, 0.5) is 5.69 Å². The molecular formula is C15H23ClN2O. The van der Waals surface area contributed by atoms with Gasteiger partial charge in [-0.05, 0) is 25.0 Å². The smallest absolute Gasteiger partial charge is 0.121 e. The quantitative estimate of drug-likeness (QED) is 0.922. The minimum atomic E-state index is 0.459. The van der Waals surface area contributed by atoms with Crippen molar-refractivity contribution >= 4 is 17.3 Å². The molecule has 2 atom stereocenters. The number of nitrogens with zero attached hydrogens (tertiary/aromatic N) is 1. The molecule has 1 N–H and O–H groups in total. The SMILES string of the molecule is COc1ccc(Cl)c(N2CC(C)NCC2C(C)C)c1. The minimum Gasteiger partial charge on any atom is -0.497 e. The average molecular weight is 283 g/mol. The first-order valence-corrected chi connectivity index (χ1v) is 7.24. The number of ether oxygens (including phenoxy) is 1. The van der Waals surface area contributed by atoms with Crippen molar-refractivity contribution < 1.29 is 4.74 Å². The largest absolute Gasteiger partial charge is 0.497 e. The highest BCUT2D eigenvalue weighted by Gasteiger charge is 2.29. The van der Waals surface area contributed by atoms with Gasteiger partial charge in [0, 0.05) is 31.2 Å². The summed E-state index contributed by atoms with van der Waals surface area (Å²) in [5.41, 5.74) is 1.08. The van der Waals surface area contributed by atoms with Crippen molar-refractivity contribution in [3.63, 3.8) is 0 Å². The van der Waals surface area contributed by atoms with Gasteiger partial charge in [0.2, 0.25) is 0 Å². The molecule has 1 aliphatic rings. The molecule has 0 saturated carbocycles. The van der Waals surface area contributed by atoms with Crippen LogP contribution >= 0.6 is 11.6 Å². The number of benzene rings is 1. The van der Waals surface area contributed by atoms with E-state index >= 15 is 0 Å². The van der Waals surface area contributed by atoms with E-state index in [0.29, 0.717) is 18.0 Å². The molecule has 1 saturated heterocycles. The van der Waals surface area contributed by atoms with Crippen molar-refractivity contribution in [3.05, 3.63) is 23.2 Å². The maximum absolute atomic E-state index is 6.39. The average Bonchev–Trinajstić information content (AvgIpc) is 2.38. The molecule has 106 valence electrons. The Hall–Kier alpha value is -0.930. The summed E-state index contributed by atoms with van der Waals surface area (Å²) in [5.74, 6) is 1.43. The zero-order valence-corrected chi connectivity index (χ0v) is 12.9. The Morgan fingerprint density at radius 2 is 2.16 bits per heavy atom. The van der Waals surface area contributed by atoms with E-state index in [1.807, 2.05) is 18.2 Å². The van der Waals surface area contributed by atoms with Crippen LogP contribution in [-0.4, -0.2) is 32.3 Å². The molecule has 0 radical (unpaired) electrons. The first-order chi connectivity index (χ1) is 9.02.